The Morgan fingerprint density at radius 1 is 1.04 bits per heavy atom. The Morgan fingerprint density at radius 2 is 1.58 bits per heavy atom. The highest BCUT2D eigenvalue weighted by Gasteiger charge is 2.38. The first-order chi connectivity index (χ1) is 11.6. The van der Waals surface area contributed by atoms with Crippen LogP contribution in [-0.2, 0) is 13.3 Å². The predicted molar refractivity (Wildman–Crippen MR) is 106 cm³/mol. The molecule has 0 N–H and O–H groups in total. The summed E-state index contributed by atoms with van der Waals surface area (Å²) in [7, 11) is -2.83. The maximum atomic E-state index is 5.97. The molecule has 0 saturated heterocycles. The Balaban J connectivity index is 3.06. The predicted octanol–water partition coefficient (Wildman–Crippen LogP) is 5.92. The lowest BCUT2D eigenvalue weighted by Crippen LogP contribution is -2.44. The molecule has 0 radical (unpaired) electrons. The topological polar surface area (TPSA) is 27.7 Å². The fraction of sp³-hybridized carbons (Fsp3) is 0.529. The third kappa shape index (κ3) is 7.91. The van der Waals surface area contributed by atoms with Crippen LogP contribution in [0, 0.1) is 0 Å². The van der Waals surface area contributed by atoms with E-state index in [1.54, 1.807) is 11.8 Å². The molecule has 0 aliphatic rings. The van der Waals surface area contributed by atoms with Crippen LogP contribution in [0.2, 0.25) is 5.02 Å². The van der Waals surface area contributed by atoms with Gasteiger partial charge in [-0.2, -0.15) is 0 Å². The van der Waals surface area contributed by atoms with E-state index in [0.29, 0.717) is 25.7 Å². The normalized spacial score (nSPS) is 12.6. The van der Waals surface area contributed by atoms with Crippen molar-refractivity contribution in [1.82, 2.24) is 0 Å². The molecule has 0 amide bonds. The highest BCUT2D eigenvalue weighted by atomic mass is 35.5. The van der Waals surface area contributed by atoms with Crippen LogP contribution in [0.25, 0.3) is 0 Å². The van der Waals surface area contributed by atoms with Crippen LogP contribution < -0.4 is 0 Å². The summed E-state index contributed by atoms with van der Waals surface area (Å²) in [5.41, 5.74) is 2.06. The summed E-state index contributed by atoms with van der Waals surface area (Å²) in [4.78, 5) is 2.27. The van der Waals surface area contributed by atoms with Gasteiger partial charge < -0.3 is 13.3 Å². The Hall–Kier alpha value is -0.0131. The van der Waals surface area contributed by atoms with Gasteiger partial charge in [-0.3, -0.25) is 0 Å². The minimum Gasteiger partial charge on any atom is -0.371 e. The molecule has 1 rings (SSSR count). The van der Waals surface area contributed by atoms with Crippen molar-refractivity contribution in [1.29, 1.82) is 0 Å². The summed E-state index contributed by atoms with van der Waals surface area (Å²) in [6.45, 7) is 7.53. The fourth-order valence-corrected chi connectivity index (χ4v) is 6.09. The van der Waals surface area contributed by atoms with E-state index < -0.39 is 8.80 Å². The number of hydrogen-bond acceptors (Lipinski definition) is 4. The van der Waals surface area contributed by atoms with E-state index in [4.69, 9.17) is 36.5 Å². The molecule has 0 fully saturated rings. The van der Waals surface area contributed by atoms with Crippen molar-refractivity contribution >= 4 is 43.8 Å². The Morgan fingerprint density at radius 3 is 2.04 bits per heavy atom. The van der Waals surface area contributed by atoms with E-state index in [1.807, 2.05) is 45.0 Å². The van der Waals surface area contributed by atoms with Crippen molar-refractivity contribution < 1.29 is 13.3 Å². The number of halogens is 2. The average Bonchev–Trinajstić information content (AvgIpc) is 2.55. The molecule has 0 aliphatic carbocycles. The molecule has 0 aliphatic heterocycles. The first-order valence-corrected chi connectivity index (χ1v) is 11.7. The van der Waals surface area contributed by atoms with Crippen molar-refractivity contribution in [2.75, 3.05) is 25.7 Å². The van der Waals surface area contributed by atoms with Crippen molar-refractivity contribution in [2.24, 2.45) is 0 Å². The third-order valence-corrected chi connectivity index (χ3v) is 7.59. The highest BCUT2D eigenvalue weighted by Crippen LogP contribution is 2.32. The third-order valence-electron chi connectivity index (χ3n) is 2.99. The van der Waals surface area contributed by atoms with Crippen LogP contribution in [0.15, 0.2) is 39.8 Å². The molecule has 0 bridgehead atoms. The summed E-state index contributed by atoms with van der Waals surface area (Å²) in [5, 5.41) is 0.729. The van der Waals surface area contributed by atoms with Crippen molar-refractivity contribution in [3.05, 3.63) is 39.9 Å². The summed E-state index contributed by atoms with van der Waals surface area (Å²) in [6.07, 6.45) is 1.75. The molecule has 1 aromatic carbocycles. The second kappa shape index (κ2) is 12.4. The van der Waals surface area contributed by atoms with Gasteiger partial charge >= 0.3 is 8.80 Å². The molecule has 0 atom stereocenters. The molecule has 1 aromatic rings. The monoisotopic (exact) mass is 408 g/mol. The van der Waals surface area contributed by atoms with Crippen LogP contribution in [0.5, 0.6) is 0 Å². The van der Waals surface area contributed by atoms with Crippen molar-refractivity contribution in [3.8, 4) is 0 Å². The first kappa shape index (κ1) is 22.0. The molecule has 7 heteroatoms. The van der Waals surface area contributed by atoms with E-state index in [9.17, 15) is 0 Å². The molecule has 136 valence electrons. The van der Waals surface area contributed by atoms with E-state index >= 15 is 0 Å². The number of allylic oxidation sites excluding steroid dienone is 1. The lowest BCUT2D eigenvalue weighted by Gasteiger charge is -2.26. The van der Waals surface area contributed by atoms with E-state index in [-0.39, 0.29) is 0 Å². The van der Waals surface area contributed by atoms with Crippen LogP contribution in [0.1, 0.15) is 33.6 Å². The molecular formula is C17H26Cl2O3SSi. The van der Waals surface area contributed by atoms with Gasteiger partial charge in [-0.05, 0) is 68.5 Å². The lowest BCUT2D eigenvalue weighted by atomic mass is 10.3. The summed E-state index contributed by atoms with van der Waals surface area (Å²) < 4.78 is 17.8. The van der Waals surface area contributed by atoms with Gasteiger partial charge in [0.2, 0.25) is 0 Å². The van der Waals surface area contributed by atoms with Crippen molar-refractivity contribution in [2.45, 2.75) is 38.5 Å². The van der Waals surface area contributed by atoms with Crippen molar-refractivity contribution in [3.63, 3.8) is 0 Å². The van der Waals surface area contributed by atoms with E-state index in [0.717, 1.165) is 27.7 Å². The zero-order valence-electron chi connectivity index (χ0n) is 14.5. The van der Waals surface area contributed by atoms with E-state index in [2.05, 4.69) is 5.70 Å². The minimum absolute atomic E-state index is 0.553. The fourth-order valence-electron chi connectivity index (χ4n) is 2.10. The number of hydrogen-bond donors (Lipinski definition) is 0. The smallest absolute Gasteiger partial charge is 0.371 e. The highest BCUT2D eigenvalue weighted by molar-refractivity contribution is 8.03. The summed E-state index contributed by atoms with van der Waals surface area (Å²) in [5.74, 6) is 0.616. The van der Waals surface area contributed by atoms with E-state index in [1.165, 1.54) is 0 Å². The molecule has 0 spiro atoms. The number of alkyl halides is 1. The second-order valence-corrected chi connectivity index (χ2v) is 9.24. The molecule has 0 unspecified atom stereocenters. The largest absolute Gasteiger partial charge is 0.530 e. The van der Waals surface area contributed by atoms with Gasteiger partial charge in [0.1, 0.15) is 0 Å². The van der Waals surface area contributed by atoms with Gasteiger partial charge in [0.25, 0.3) is 0 Å². The maximum absolute atomic E-state index is 5.97. The molecular weight excluding hydrogens is 383 g/mol. The Kier molecular flexibility index (Phi) is 11.3. The van der Waals surface area contributed by atoms with Gasteiger partial charge in [0.05, 0.1) is 0 Å². The number of thioether (sulfide) groups is 1. The van der Waals surface area contributed by atoms with Gasteiger partial charge in [0.15, 0.2) is 0 Å². The lowest BCUT2D eigenvalue weighted by molar-refractivity contribution is 0.0841. The number of rotatable bonds is 12. The minimum atomic E-state index is -2.83. The van der Waals surface area contributed by atoms with Crippen LogP contribution >= 0.6 is 35.0 Å². The van der Waals surface area contributed by atoms with Gasteiger partial charge in [-0.25, -0.2) is 0 Å². The molecule has 0 heterocycles. The van der Waals surface area contributed by atoms with Gasteiger partial charge in [-0.1, -0.05) is 23.4 Å². The molecule has 3 nitrogen and oxygen atoms in total. The van der Waals surface area contributed by atoms with Crippen LogP contribution in [0.3, 0.4) is 0 Å². The number of benzene rings is 1. The Labute approximate surface area is 161 Å². The SMILES string of the molecule is CCO[Si](/C=C(/CCCCl)Sc1ccc(Cl)cc1)(OCC)OCC. The summed E-state index contributed by atoms with van der Waals surface area (Å²) >= 11 is 13.5. The standard InChI is InChI=1S/C17H26Cl2O3SSi/c1-4-20-24(21-5-2,22-6-3)14-17(8-7-13-18)23-16-11-9-15(19)10-12-16/h9-12,14H,4-8,13H2,1-3H3/b17-14-. The van der Waals surface area contributed by atoms with Gasteiger partial charge in [0, 0.05) is 35.6 Å². The molecule has 0 aromatic heterocycles. The first-order valence-electron chi connectivity index (χ1n) is 8.22. The van der Waals surface area contributed by atoms with Crippen LogP contribution in [-0.4, -0.2) is 34.5 Å². The zero-order valence-corrected chi connectivity index (χ0v) is 17.8. The molecule has 0 saturated carbocycles. The van der Waals surface area contributed by atoms with Gasteiger partial charge in [-0.15, -0.1) is 11.6 Å². The average molecular weight is 409 g/mol. The molecule has 24 heavy (non-hydrogen) atoms. The quantitative estimate of drug-likeness (QED) is 0.243. The van der Waals surface area contributed by atoms with Crippen LogP contribution in [0.4, 0.5) is 0 Å². The summed E-state index contributed by atoms with van der Waals surface area (Å²) in [6, 6.07) is 7.79. The zero-order chi connectivity index (χ0) is 17.8. The second-order valence-electron chi connectivity index (χ2n) is 4.86. The Bertz CT molecular complexity index is 480. The maximum Gasteiger partial charge on any atom is 0.530 e.